The average Bonchev–Trinajstić information content (AvgIpc) is 2.50. The number of halogens is 2. The maximum Gasteiger partial charge on any atom is 0.229 e. The topological polar surface area (TPSA) is 88.6 Å². The number of aromatic hydroxyl groups is 1. The Morgan fingerprint density at radius 1 is 1.36 bits per heavy atom. The van der Waals surface area contributed by atoms with Gasteiger partial charge in [-0.1, -0.05) is 18.2 Å². The second-order valence-electron chi connectivity index (χ2n) is 4.37. The van der Waals surface area contributed by atoms with Crippen LogP contribution in [0, 0.1) is 0 Å². The highest BCUT2D eigenvalue weighted by Gasteiger charge is 2.21. The zero-order valence-corrected chi connectivity index (χ0v) is 14.8. The van der Waals surface area contributed by atoms with E-state index in [1.54, 1.807) is 24.3 Å². The number of carbonyl (C=O) groups is 1. The third kappa shape index (κ3) is 3.36. The van der Waals surface area contributed by atoms with Gasteiger partial charge >= 0.3 is 0 Å². The van der Waals surface area contributed by atoms with E-state index in [4.69, 9.17) is 5.73 Å². The molecule has 0 aliphatic rings. The van der Waals surface area contributed by atoms with Crippen molar-refractivity contribution in [1.29, 1.82) is 0 Å². The van der Waals surface area contributed by atoms with Gasteiger partial charge in [0.25, 0.3) is 0 Å². The molecule has 0 unspecified atom stereocenters. The number of carbonyl (C=O) groups excluding carboxylic acids is 1. The zero-order chi connectivity index (χ0) is 16.3. The quantitative estimate of drug-likeness (QED) is 0.338. The molecule has 3 N–H and O–H groups in total. The Morgan fingerprint density at radius 3 is 2.64 bits per heavy atom. The predicted octanol–water partition coefficient (Wildman–Crippen LogP) is 3.59. The molecule has 0 saturated heterocycles. The number of nitrogen functional groups attached to an aromatic ring is 1. The van der Waals surface area contributed by atoms with Gasteiger partial charge in [0.15, 0.2) is 5.75 Å². The Hall–Kier alpha value is -1.73. The van der Waals surface area contributed by atoms with Crippen LogP contribution < -0.4 is 5.73 Å². The summed E-state index contributed by atoms with van der Waals surface area (Å²) in [6.07, 6.45) is 0. The summed E-state index contributed by atoms with van der Waals surface area (Å²) >= 11 is 6.30. The number of rotatable bonds is 4. The molecule has 22 heavy (non-hydrogen) atoms. The number of aliphatic imine (C=N–C) groups is 1. The van der Waals surface area contributed by atoms with E-state index < -0.39 is 0 Å². The predicted molar refractivity (Wildman–Crippen MR) is 93.6 cm³/mol. The molecular formula is C15H13Br2N3O2. The lowest BCUT2D eigenvalue weighted by atomic mass is 10.0. The Kier molecular flexibility index (Phi) is 5.31. The van der Waals surface area contributed by atoms with Crippen LogP contribution in [0.3, 0.4) is 0 Å². The molecule has 0 aliphatic heterocycles. The first-order valence-electron chi connectivity index (χ1n) is 6.44. The van der Waals surface area contributed by atoms with Crippen LogP contribution in [0.15, 0.2) is 44.4 Å². The zero-order valence-electron chi connectivity index (χ0n) is 11.7. The Labute approximate surface area is 144 Å². The van der Waals surface area contributed by atoms with Gasteiger partial charge in [0.05, 0.1) is 4.47 Å². The summed E-state index contributed by atoms with van der Waals surface area (Å²) in [6, 6.07) is 8.49. The lowest BCUT2D eigenvalue weighted by molar-refractivity contribution is 0.106. The van der Waals surface area contributed by atoms with Gasteiger partial charge < -0.3 is 10.8 Å². The molecule has 0 bridgehead atoms. The van der Waals surface area contributed by atoms with Crippen LogP contribution in [0.2, 0.25) is 0 Å². The molecule has 0 aliphatic carbocycles. The smallest absolute Gasteiger partial charge is 0.229 e. The van der Waals surface area contributed by atoms with Gasteiger partial charge in [0.1, 0.15) is 16.0 Å². The molecule has 0 amide bonds. The summed E-state index contributed by atoms with van der Waals surface area (Å²) in [6.45, 7) is 2.28. The molecule has 2 aromatic rings. The van der Waals surface area contributed by atoms with E-state index in [-0.39, 0.29) is 27.5 Å². The molecule has 1 aromatic carbocycles. The van der Waals surface area contributed by atoms with Crippen molar-refractivity contribution < 1.29 is 9.90 Å². The summed E-state index contributed by atoms with van der Waals surface area (Å²) < 4.78 is 0.553. The molecule has 7 heteroatoms. The minimum atomic E-state index is -0.360. The van der Waals surface area contributed by atoms with Crippen molar-refractivity contribution in [1.82, 2.24) is 4.98 Å². The van der Waals surface area contributed by atoms with Crippen molar-refractivity contribution in [3.63, 3.8) is 0 Å². The van der Waals surface area contributed by atoms with Gasteiger partial charge in [0.2, 0.25) is 5.78 Å². The van der Waals surface area contributed by atoms with Crippen LogP contribution in [0.25, 0.3) is 0 Å². The van der Waals surface area contributed by atoms with E-state index in [0.717, 1.165) is 0 Å². The number of aromatic nitrogens is 1. The molecule has 0 spiro atoms. The summed E-state index contributed by atoms with van der Waals surface area (Å²) in [5.74, 6) is -0.425. The van der Waals surface area contributed by atoms with Gasteiger partial charge in [-0.2, -0.15) is 0 Å². The second kappa shape index (κ2) is 7.02. The van der Waals surface area contributed by atoms with Crippen molar-refractivity contribution in [3.05, 3.63) is 50.7 Å². The molecular weight excluding hydrogens is 414 g/mol. The molecule has 1 heterocycles. The lowest BCUT2D eigenvalue weighted by Crippen LogP contribution is -2.19. The summed E-state index contributed by atoms with van der Waals surface area (Å²) in [5.41, 5.74) is 7.38. The normalized spacial score (nSPS) is 11.5. The molecule has 114 valence electrons. The van der Waals surface area contributed by atoms with Gasteiger partial charge in [-0.25, -0.2) is 4.98 Å². The first-order chi connectivity index (χ1) is 10.5. The maximum absolute atomic E-state index is 12.7. The first kappa shape index (κ1) is 16.6. The molecule has 0 atom stereocenters. The van der Waals surface area contributed by atoms with Crippen LogP contribution in [0.4, 0.5) is 5.69 Å². The number of Topliss-reactive ketones (excluding diaryl/α,β-unsaturated/α-hetero) is 1. The van der Waals surface area contributed by atoms with E-state index in [9.17, 15) is 9.90 Å². The molecule has 1 aromatic heterocycles. The van der Waals surface area contributed by atoms with Gasteiger partial charge in [-0.3, -0.25) is 9.79 Å². The molecule has 0 radical (unpaired) electrons. The highest BCUT2D eigenvalue weighted by Crippen LogP contribution is 2.31. The number of pyridine rings is 1. The molecule has 5 nitrogen and oxygen atoms in total. The molecule has 0 fully saturated rings. The minimum Gasteiger partial charge on any atom is -0.504 e. The number of para-hydroxylation sites is 1. The van der Waals surface area contributed by atoms with E-state index in [1.807, 2.05) is 6.92 Å². The Bertz CT molecular complexity index is 737. The maximum atomic E-state index is 12.7. The number of hydrogen-bond acceptors (Lipinski definition) is 5. The Morgan fingerprint density at radius 2 is 2.05 bits per heavy atom. The fraction of sp³-hybridized carbons (Fsp3) is 0.133. The number of benzene rings is 1. The summed E-state index contributed by atoms with van der Waals surface area (Å²) in [4.78, 5) is 21.1. The van der Waals surface area contributed by atoms with Crippen LogP contribution in [-0.2, 0) is 0 Å². The van der Waals surface area contributed by atoms with Crippen LogP contribution in [0.5, 0.6) is 5.75 Å². The van der Waals surface area contributed by atoms with Crippen molar-refractivity contribution in [2.24, 2.45) is 4.99 Å². The Balaban J connectivity index is 2.53. The van der Waals surface area contributed by atoms with Crippen LogP contribution in [-0.4, -0.2) is 28.1 Å². The number of ketones is 1. The minimum absolute atomic E-state index is 0.0650. The standard InChI is InChI=1S/C15H13Br2N3O2/c1-2-19-12(8-5-3-4-6-10(8)18)14(22)11-7-9(16)13(21)15(17)20-11/h3-7,21H,2,18H2,1H3. The van der Waals surface area contributed by atoms with E-state index in [1.165, 1.54) is 6.07 Å². The average molecular weight is 427 g/mol. The van der Waals surface area contributed by atoms with E-state index in [2.05, 4.69) is 41.8 Å². The summed E-state index contributed by atoms with van der Waals surface area (Å²) in [5, 5.41) is 9.70. The van der Waals surface area contributed by atoms with Crippen molar-refractivity contribution in [2.75, 3.05) is 12.3 Å². The summed E-state index contributed by atoms with van der Waals surface area (Å²) in [7, 11) is 0. The highest BCUT2D eigenvalue weighted by atomic mass is 79.9. The van der Waals surface area contributed by atoms with Crippen LogP contribution in [0.1, 0.15) is 23.0 Å². The van der Waals surface area contributed by atoms with Gasteiger partial charge in [-0.05, 0) is 50.9 Å². The number of anilines is 1. The number of nitrogens with two attached hydrogens (primary N) is 1. The van der Waals surface area contributed by atoms with Gasteiger partial charge in [-0.15, -0.1) is 0 Å². The van der Waals surface area contributed by atoms with Crippen molar-refractivity contribution >= 4 is 49.0 Å². The van der Waals surface area contributed by atoms with E-state index in [0.29, 0.717) is 22.3 Å². The third-order valence-electron chi connectivity index (χ3n) is 2.88. The van der Waals surface area contributed by atoms with E-state index >= 15 is 0 Å². The number of nitrogens with zero attached hydrogens (tertiary/aromatic N) is 2. The van der Waals surface area contributed by atoms with Gasteiger partial charge in [0, 0.05) is 17.8 Å². The lowest BCUT2D eigenvalue weighted by Gasteiger charge is -2.09. The third-order valence-corrected chi connectivity index (χ3v) is 4.04. The molecule has 0 saturated carbocycles. The first-order valence-corrected chi connectivity index (χ1v) is 8.03. The SMILES string of the molecule is CCN=C(C(=O)c1cc(Br)c(O)c(Br)n1)c1ccccc1N. The fourth-order valence-electron chi connectivity index (χ4n) is 1.87. The molecule has 2 rings (SSSR count). The van der Waals surface area contributed by atoms with Crippen molar-refractivity contribution in [3.8, 4) is 5.75 Å². The largest absolute Gasteiger partial charge is 0.504 e. The highest BCUT2D eigenvalue weighted by molar-refractivity contribution is 9.11. The monoisotopic (exact) mass is 425 g/mol. The fourth-order valence-corrected chi connectivity index (χ4v) is 2.94. The second-order valence-corrected chi connectivity index (χ2v) is 5.97. The van der Waals surface area contributed by atoms with Crippen LogP contribution >= 0.6 is 31.9 Å². The van der Waals surface area contributed by atoms with Crippen molar-refractivity contribution in [2.45, 2.75) is 6.92 Å². The number of hydrogen-bond donors (Lipinski definition) is 2.